The van der Waals surface area contributed by atoms with Gasteiger partial charge in [-0.3, -0.25) is 0 Å². The second-order valence-corrected chi connectivity index (χ2v) is 3.71. The van der Waals surface area contributed by atoms with E-state index in [1.165, 1.54) is 0 Å². The summed E-state index contributed by atoms with van der Waals surface area (Å²) in [7, 11) is 0. The molecule has 3 nitrogen and oxygen atoms in total. The highest BCUT2D eigenvalue weighted by Gasteiger charge is 2.14. The molecule has 1 aliphatic heterocycles. The molecule has 3 heteroatoms. The van der Waals surface area contributed by atoms with Crippen molar-refractivity contribution in [3.05, 3.63) is 29.8 Å². The Morgan fingerprint density at radius 3 is 2.65 bits per heavy atom. The van der Waals surface area contributed by atoms with Crippen molar-refractivity contribution in [1.29, 1.82) is 5.26 Å². The standard InChI is InChI=1S/C12H14N2O.C2H6/c13-9-10-2-1-3-12(8-10)15-11-4-6-14-7-5-11;1-2/h1-3,8,11,14H,4-7H2;1-2H3. The molecule has 1 saturated heterocycles. The first-order valence-corrected chi connectivity index (χ1v) is 6.26. The van der Waals surface area contributed by atoms with Gasteiger partial charge in [-0.15, -0.1) is 0 Å². The smallest absolute Gasteiger partial charge is 0.121 e. The van der Waals surface area contributed by atoms with Crippen LogP contribution >= 0.6 is 0 Å². The Bertz CT molecular complexity index is 365. The van der Waals surface area contributed by atoms with Gasteiger partial charge in [0.25, 0.3) is 0 Å². The van der Waals surface area contributed by atoms with Gasteiger partial charge >= 0.3 is 0 Å². The zero-order valence-electron chi connectivity index (χ0n) is 10.6. The lowest BCUT2D eigenvalue weighted by Crippen LogP contribution is -2.34. The van der Waals surface area contributed by atoms with Crippen LogP contribution in [0, 0.1) is 11.3 Å². The largest absolute Gasteiger partial charge is 0.490 e. The molecule has 1 aliphatic rings. The van der Waals surface area contributed by atoms with Gasteiger partial charge in [-0.2, -0.15) is 5.26 Å². The Hall–Kier alpha value is -1.53. The first-order valence-electron chi connectivity index (χ1n) is 6.26. The summed E-state index contributed by atoms with van der Waals surface area (Å²) >= 11 is 0. The van der Waals surface area contributed by atoms with Gasteiger partial charge in [0.2, 0.25) is 0 Å². The summed E-state index contributed by atoms with van der Waals surface area (Å²) in [5.41, 5.74) is 0.654. The van der Waals surface area contributed by atoms with Crippen molar-refractivity contribution in [2.75, 3.05) is 13.1 Å². The molecule has 0 spiro atoms. The Morgan fingerprint density at radius 1 is 1.29 bits per heavy atom. The quantitative estimate of drug-likeness (QED) is 0.852. The number of benzene rings is 1. The average Bonchev–Trinajstić information content (AvgIpc) is 2.42. The van der Waals surface area contributed by atoms with Crippen LogP contribution in [0.5, 0.6) is 5.75 Å². The number of nitriles is 1. The van der Waals surface area contributed by atoms with Crippen molar-refractivity contribution in [2.24, 2.45) is 0 Å². The second kappa shape index (κ2) is 7.70. The van der Waals surface area contributed by atoms with E-state index in [0.717, 1.165) is 31.7 Å². The third kappa shape index (κ3) is 4.46. The first-order chi connectivity index (χ1) is 8.38. The SMILES string of the molecule is CC.N#Cc1cccc(OC2CCNCC2)c1. The van der Waals surface area contributed by atoms with Crippen molar-refractivity contribution >= 4 is 0 Å². The molecule has 92 valence electrons. The number of nitrogens with one attached hydrogen (secondary N) is 1. The lowest BCUT2D eigenvalue weighted by molar-refractivity contribution is 0.162. The molecule has 0 amide bonds. The normalized spacial score (nSPS) is 15.4. The van der Waals surface area contributed by atoms with Crippen molar-refractivity contribution in [3.63, 3.8) is 0 Å². The zero-order valence-corrected chi connectivity index (χ0v) is 10.6. The Balaban J connectivity index is 0.000000686. The molecule has 17 heavy (non-hydrogen) atoms. The minimum absolute atomic E-state index is 0.292. The van der Waals surface area contributed by atoms with E-state index in [2.05, 4.69) is 11.4 Å². The van der Waals surface area contributed by atoms with E-state index in [4.69, 9.17) is 10.00 Å². The topological polar surface area (TPSA) is 45.0 Å². The fraction of sp³-hybridized carbons (Fsp3) is 0.500. The van der Waals surface area contributed by atoms with Gasteiger partial charge in [0.05, 0.1) is 11.6 Å². The van der Waals surface area contributed by atoms with Crippen LogP contribution < -0.4 is 10.1 Å². The predicted molar refractivity (Wildman–Crippen MR) is 69.0 cm³/mol. The van der Waals surface area contributed by atoms with E-state index in [1.54, 1.807) is 12.1 Å². The molecule has 0 unspecified atom stereocenters. The van der Waals surface area contributed by atoms with E-state index in [0.29, 0.717) is 11.7 Å². The summed E-state index contributed by atoms with van der Waals surface area (Å²) in [4.78, 5) is 0. The molecule has 1 heterocycles. The minimum Gasteiger partial charge on any atom is -0.490 e. The maximum absolute atomic E-state index is 8.75. The van der Waals surface area contributed by atoms with E-state index >= 15 is 0 Å². The molecule has 1 aromatic carbocycles. The van der Waals surface area contributed by atoms with E-state index in [9.17, 15) is 0 Å². The van der Waals surface area contributed by atoms with Gasteiger partial charge < -0.3 is 10.1 Å². The molecule has 0 saturated carbocycles. The lowest BCUT2D eigenvalue weighted by atomic mass is 10.1. The Labute approximate surface area is 103 Å². The number of nitrogens with zero attached hydrogens (tertiary/aromatic N) is 1. The summed E-state index contributed by atoms with van der Waals surface area (Å²) < 4.78 is 5.81. The fourth-order valence-corrected chi connectivity index (χ4v) is 1.74. The van der Waals surface area contributed by atoms with E-state index < -0.39 is 0 Å². The highest BCUT2D eigenvalue weighted by atomic mass is 16.5. The molecule has 0 aromatic heterocycles. The van der Waals surface area contributed by atoms with Gasteiger partial charge in [0, 0.05) is 0 Å². The van der Waals surface area contributed by atoms with Gasteiger partial charge in [0.1, 0.15) is 11.9 Å². The summed E-state index contributed by atoms with van der Waals surface area (Å²) in [6.45, 7) is 6.03. The maximum atomic E-state index is 8.75. The van der Waals surface area contributed by atoms with Crippen LogP contribution in [0.2, 0.25) is 0 Å². The average molecular weight is 232 g/mol. The lowest BCUT2D eigenvalue weighted by Gasteiger charge is -2.23. The zero-order chi connectivity index (χ0) is 12.5. The fourth-order valence-electron chi connectivity index (χ4n) is 1.74. The molecule has 0 atom stereocenters. The van der Waals surface area contributed by atoms with Crippen LogP contribution in [0.3, 0.4) is 0 Å². The second-order valence-electron chi connectivity index (χ2n) is 3.71. The van der Waals surface area contributed by atoms with Crippen LogP contribution in [-0.4, -0.2) is 19.2 Å². The van der Waals surface area contributed by atoms with Crippen molar-refractivity contribution in [1.82, 2.24) is 5.32 Å². The number of hydrogen-bond donors (Lipinski definition) is 1. The number of hydrogen-bond acceptors (Lipinski definition) is 3. The maximum Gasteiger partial charge on any atom is 0.121 e. The molecule has 1 N–H and O–H groups in total. The minimum atomic E-state index is 0.292. The highest BCUT2D eigenvalue weighted by Crippen LogP contribution is 2.17. The molecular formula is C14H20N2O. The van der Waals surface area contributed by atoms with E-state index in [1.807, 2.05) is 26.0 Å². The molecule has 0 bridgehead atoms. The molecule has 1 aromatic rings. The van der Waals surface area contributed by atoms with Crippen LogP contribution in [0.4, 0.5) is 0 Å². The van der Waals surface area contributed by atoms with Gasteiger partial charge in [-0.25, -0.2) is 0 Å². The number of piperidine rings is 1. The summed E-state index contributed by atoms with van der Waals surface area (Å²) in [5, 5.41) is 12.0. The van der Waals surface area contributed by atoms with Crippen molar-refractivity contribution < 1.29 is 4.74 Å². The molecule has 1 fully saturated rings. The molecule has 2 rings (SSSR count). The Kier molecular flexibility index (Phi) is 6.13. The van der Waals surface area contributed by atoms with Crippen LogP contribution in [0.1, 0.15) is 32.3 Å². The van der Waals surface area contributed by atoms with Gasteiger partial charge in [0.15, 0.2) is 0 Å². The monoisotopic (exact) mass is 232 g/mol. The summed E-state index contributed by atoms with van der Waals surface area (Å²) in [6.07, 6.45) is 2.37. The van der Waals surface area contributed by atoms with E-state index in [-0.39, 0.29) is 0 Å². The third-order valence-electron chi connectivity index (χ3n) is 2.55. The van der Waals surface area contributed by atoms with Gasteiger partial charge in [-0.1, -0.05) is 19.9 Å². The number of rotatable bonds is 2. The predicted octanol–water partition coefficient (Wildman–Crippen LogP) is 2.72. The third-order valence-corrected chi connectivity index (χ3v) is 2.55. The highest BCUT2D eigenvalue weighted by molar-refractivity contribution is 5.36. The van der Waals surface area contributed by atoms with Gasteiger partial charge in [-0.05, 0) is 44.1 Å². The summed E-state index contributed by atoms with van der Waals surface area (Å²) in [6, 6.07) is 9.45. The summed E-state index contributed by atoms with van der Waals surface area (Å²) in [5.74, 6) is 0.806. The van der Waals surface area contributed by atoms with Crippen LogP contribution in [0.15, 0.2) is 24.3 Å². The molecular weight excluding hydrogens is 212 g/mol. The van der Waals surface area contributed by atoms with Crippen LogP contribution in [-0.2, 0) is 0 Å². The Morgan fingerprint density at radius 2 is 2.00 bits per heavy atom. The van der Waals surface area contributed by atoms with Crippen molar-refractivity contribution in [3.8, 4) is 11.8 Å². The first kappa shape index (κ1) is 13.5. The van der Waals surface area contributed by atoms with Crippen LogP contribution in [0.25, 0.3) is 0 Å². The molecule has 0 radical (unpaired) electrons. The molecule has 0 aliphatic carbocycles. The number of ether oxygens (including phenoxy) is 1. The van der Waals surface area contributed by atoms with Crippen molar-refractivity contribution in [2.45, 2.75) is 32.8 Å².